The van der Waals surface area contributed by atoms with Crippen LogP contribution in [0.4, 0.5) is 0 Å². The SMILES string of the molecule is O=C(NCC(c1cccs1)N1CCCC1)c1cc(-c2cccs2)[nH]n1. The van der Waals surface area contributed by atoms with Crippen LogP contribution in [0.2, 0.25) is 0 Å². The van der Waals surface area contributed by atoms with E-state index in [2.05, 4.69) is 37.9 Å². The molecule has 1 atom stereocenters. The molecule has 5 nitrogen and oxygen atoms in total. The number of aromatic nitrogens is 2. The lowest BCUT2D eigenvalue weighted by atomic mass is 10.2. The zero-order valence-electron chi connectivity index (χ0n) is 13.8. The maximum absolute atomic E-state index is 12.5. The summed E-state index contributed by atoms with van der Waals surface area (Å²) in [5.74, 6) is -0.125. The highest BCUT2D eigenvalue weighted by molar-refractivity contribution is 7.13. The number of amides is 1. The third kappa shape index (κ3) is 3.68. The van der Waals surface area contributed by atoms with Crippen molar-refractivity contribution in [1.29, 1.82) is 0 Å². The largest absolute Gasteiger partial charge is 0.349 e. The van der Waals surface area contributed by atoms with Crippen molar-refractivity contribution in [2.75, 3.05) is 19.6 Å². The summed E-state index contributed by atoms with van der Waals surface area (Å²) in [5, 5.41) is 14.3. The third-order valence-electron chi connectivity index (χ3n) is 4.51. The molecule has 0 aliphatic carbocycles. The Bertz CT molecular complexity index is 804. The summed E-state index contributed by atoms with van der Waals surface area (Å²) in [7, 11) is 0. The molecule has 0 aromatic carbocycles. The van der Waals surface area contributed by atoms with E-state index in [1.54, 1.807) is 22.7 Å². The molecule has 0 spiro atoms. The van der Waals surface area contributed by atoms with Crippen LogP contribution < -0.4 is 5.32 Å². The second-order valence-corrected chi connectivity index (χ2v) is 8.06. The van der Waals surface area contributed by atoms with E-state index < -0.39 is 0 Å². The van der Waals surface area contributed by atoms with Gasteiger partial charge < -0.3 is 5.32 Å². The van der Waals surface area contributed by atoms with Gasteiger partial charge in [0.2, 0.25) is 0 Å². The Kier molecular flexibility index (Phi) is 4.96. The van der Waals surface area contributed by atoms with Crippen LogP contribution in [-0.2, 0) is 0 Å². The van der Waals surface area contributed by atoms with Gasteiger partial charge in [-0.25, -0.2) is 0 Å². The summed E-state index contributed by atoms with van der Waals surface area (Å²) in [5.41, 5.74) is 1.32. The Hall–Kier alpha value is -1.96. The van der Waals surface area contributed by atoms with Crippen LogP contribution in [0.1, 0.15) is 34.2 Å². The van der Waals surface area contributed by atoms with E-state index in [-0.39, 0.29) is 11.9 Å². The van der Waals surface area contributed by atoms with Crippen LogP contribution in [0.3, 0.4) is 0 Å². The molecule has 7 heteroatoms. The second-order valence-electron chi connectivity index (χ2n) is 6.13. The molecule has 1 fully saturated rings. The molecular weight excluding hydrogens is 352 g/mol. The lowest BCUT2D eigenvalue weighted by molar-refractivity contribution is 0.0933. The first-order valence-electron chi connectivity index (χ1n) is 8.46. The molecule has 1 amide bonds. The molecule has 3 aromatic heterocycles. The number of H-pyrrole nitrogens is 1. The van der Waals surface area contributed by atoms with Crippen molar-refractivity contribution in [2.45, 2.75) is 18.9 Å². The molecule has 1 aliphatic heterocycles. The van der Waals surface area contributed by atoms with Crippen molar-refractivity contribution in [3.63, 3.8) is 0 Å². The summed E-state index contributed by atoms with van der Waals surface area (Å²) in [6, 6.07) is 10.3. The van der Waals surface area contributed by atoms with Gasteiger partial charge >= 0.3 is 0 Å². The second kappa shape index (κ2) is 7.51. The van der Waals surface area contributed by atoms with Crippen LogP contribution in [0, 0.1) is 0 Å². The van der Waals surface area contributed by atoms with E-state index in [0.717, 1.165) is 23.7 Å². The smallest absolute Gasteiger partial charge is 0.271 e. The van der Waals surface area contributed by atoms with E-state index in [0.29, 0.717) is 12.2 Å². The number of rotatable bonds is 6. The standard InChI is InChI=1S/C18H20N4OS2/c23-18(14-11-13(20-21-14)16-5-3-9-24-16)19-12-15(17-6-4-10-25-17)22-7-1-2-8-22/h3-6,9-11,15H,1-2,7-8,12H2,(H,19,23)(H,20,21). The minimum Gasteiger partial charge on any atom is -0.349 e. The lowest BCUT2D eigenvalue weighted by Gasteiger charge is -2.26. The third-order valence-corrected chi connectivity index (χ3v) is 6.38. The van der Waals surface area contributed by atoms with Crippen LogP contribution in [-0.4, -0.2) is 40.6 Å². The summed E-state index contributed by atoms with van der Waals surface area (Å²) in [4.78, 5) is 17.4. The lowest BCUT2D eigenvalue weighted by Crippen LogP contribution is -2.36. The molecule has 0 bridgehead atoms. The fraction of sp³-hybridized carbons (Fsp3) is 0.333. The number of aromatic amines is 1. The van der Waals surface area contributed by atoms with Crippen LogP contribution >= 0.6 is 22.7 Å². The molecule has 4 heterocycles. The maximum atomic E-state index is 12.5. The molecule has 130 valence electrons. The van der Waals surface area contributed by atoms with E-state index in [4.69, 9.17) is 0 Å². The Morgan fingerprint density at radius 2 is 2.04 bits per heavy atom. The Morgan fingerprint density at radius 3 is 2.76 bits per heavy atom. The van der Waals surface area contributed by atoms with Crippen LogP contribution in [0.5, 0.6) is 0 Å². The number of carbonyl (C=O) groups is 1. The van der Waals surface area contributed by atoms with E-state index in [9.17, 15) is 4.79 Å². The van der Waals surface area contributed by atoms with Gasteiger partial charge in [0.25, 0.3) is 5.91 Å². The summed E-state index contributed by atoms with van der Waals surface area (Å²) in [6.07, 6.45) is 2.47. The number of nitrogens with one attached hydrogen (secondary N) is 2. The number of hydrogen-bond donors (Lipinski definition) is 2. The molecule has 1 unspecified atom stereocenters. The first-order chi connectivity index (χ1) is 12.3. The molecule has 0 saturated carbocycles. The maximum Gasteiger partial charge on any atom is 0.271 e. The van der Waals surface area contributed by atoms with Crippen LogP contribution in [0.25, 0.3) is 10.6 Å². The Labute approximate surface area is 154 Å². The van der Waals surface area contributed by atoms with E-state index in [1.165, 1.54) is 17.7 Å². The summed E-state index contributed by atoms with van der Waals surface area (Å²) in [6.45, 7) is 2.81. The van der Waals surface area contributed by atoms with Crippen molar-refractivity contribution in [1.82, 2.24) is 20.4 Å². The normalized spacial score (nSPS) is 16.2. The van der Waals surface area contributed by atoms with Gasteiger partial charge in [-0.2, -0.15) is 5.10 Å². The average Bonchev–Trinajstić information content (AvgIpc) is 3.43. The molecule has 1 aliphatic rings. The van der Waals surface area contributed by atoms with Gasteiger partial charge in [-0.1, -0.05) is 12.1 Å². The zero-order valence-corrected chi connectivity index (χ0v) is 15.4. The summed E-state index contributed by atoms with van der Waals surface area (Å²) >= 11 is 3.38. The molecule has 1 saturated heterocycles. The predicted octanol–water partition coefficient (Wildman–Crippen LogP) is 3.77. The highest BCUT2D eigenvalue weighted by Crippen LogP contribution is 2.28. The fourth-order valence-corrected chi connectivity index (χ4v) is 4.77. The van der Waals surface area contributed by atoms with Crippen molar-refractivity contribution in [3.8, 4) is 10.6 Å². The van der Waals surface area contributed by atoms with Crippen molar-refractivity contribution in [3.05, 3.63) is 51.7 Å². The molecule has 3 aromatic rings. The van der Waals surface area contributed by atoms with Gasteiger partial charge in [-0.3, -0.25) is 14.8 Å². The highest BCUT2D eigenvalue weighted by atomic mass is 32.1. The molecule has 4 rings (SSSR count). The monoisotopic (exact) mass is 372 g/mol. The Balaban J connectivity index is 1.43. The Morgan fingerprint density at radius 1 is 1.24 bits per heavy atom. The number of hydrogen-bond acceptors (Lipinski definition) is 5. The number of thiophene rings is 2. The molecule has 0 radical (unpaired) electrons. The number of nitrogens with zero attached hydrogens (tertiary/aromatic N) is 2. The van der Waals surface area contributed by atoms with Crippen molar-refractivity contribution in [2.24, 2.45) is 0 Å². The number of carbonyl (C=O) groups excluding carboxylic acids is 1. The summed E-state index contributed by atoms with van der Waals surface area (Å²) < 4.78 is 0. The fourth-order valence-electron chi connectivity index (χ4n) is 3.22. The first-order valence-corrected chi connectivity index (χ1v) is 10.2. The van der Waals surface area contributed by atoms with Gasteiger partial charge in [0, 0.05) is 11.4 Å². The van der Waals surface area contributed by atoms with Gasteiger partial charge in [-0.15, -0.1) is 22.7 Å². The zero-order chi connectivity index (χ0) is 17.1. The molecule has 2 N–H and O–H groups in total. The van der Waals surface area contributed by atoms with E-state index in [1.807, 2.05) is 23.6 Å². The topological polar surface area (TPSA) is 61.0 Å². The van der Waals surface area contributed by atoms with Crippen molar-refractivity contribution >= 4 is 28.6 Å². The average molecular weight is 373 g/mol. The quantitative estimate of drug-likeness (QED) is 0.692. The molecule has 25 heavy (non-hydrogen) atoms. The van der Waals surface area contributed by atoms with Gasteiger partial charge in [0.15, 0.2) is 5.69 Å². The van der Waals surface area contributed by atoms with Gasteiger partial charge in [0.05, 0.1) is 16.6 Å². The van der Waals surface area contributed by atoms with Gasteiger partial charge in [0.1, 0.15) is 0 Å². The highest BCUT2D eigenvalue weighted by Gasteiger charge is 2.25. The minimum absolute atomic E-state index is 0.125. The number of likely N-dealkylation sites (tertiary alicyclic amines) is 1. The molecular formula is C18H20N4OS2. The first kappa shape index (κ1) is 16.5. The van der Waals surface area contributed by atoms with Crippen molar-refractivity contribution < 1.29 is 4.79 Å². The van der Waals surface area contributed by atoms with E-state index >= 15 is 0 Å². The van der Waals surface area contributed by atoms with Crippen LogP contribution in [0.15, 0.2) is 41.1 Å². The van der Waals surface area contributed by atoms with Gasteiger partial charge in [-0.05, 0) is 54.9 Å². The predicted molar refractivity (Wildman–Crippen MR) is 102 cm³/mol. The minimum atomic E-state index is -0.125.